The first-order chi connectivity index (χ1) is 5.22. The quantitative estimate of drug-likeness (QED) is 0.461. The van der Waals surface area contributed by atoms with Crippen LogP contribution in [0.1, 0.15) is 52.9 Å². The second kappa shape index (κ2) is 7.15. The average Bonchev–Trinajstić information content (AvgIpc) is 2.03. The Kier molecular flexibility index (Phi) is 7.46. The molecule has 11 heavy (non-hydrogen) atoms. The molecule has 2 unspecified atom stereocenters. The van der Waals surface area contributed by atoms with Gasteiger partial charge in [0.15, 0.2) is 0 Å². The molecule has 0 aromatic carbocycles. The van der Waals surface area contributed by atoms with E-state index in [1.807, 2.05) is 0 Å². The number of unbranched alkanes of at least 4 members (excludes halogenated alkanes) is 2. The Bertz CT molecular complexity index is 80.9. The lowest BCUT2D eigenvalue weighted by Crippen LogP contribution is -2.09. The first-order valence-corrected chi connectivity index (χ1v) is 5.78. The van der Waals surface area contributed by atoms with Crippen molar-refractivity contribution in [2.24, 2.45) is 5.92 Å². The predicted molar refractivity (Wildman–Crippen MR) is 56.3 cm³/mol. The smallest absolute Gasteiger partial charge is 0.0168 e. The van der Waals surface area contributed by atoms with Crippen molar-refractivity contribution in [1.29, 1.82) is 0 Å². The second-order valence-electron chi connectivity index (χ2n) is 3.40. The molecule has 0 rings (SSSR count). The summed E-state index contributed by atoms with van der Waals surface area (Å²) < 4.78 is 0. The fourth-order valence-electron chi connectivity index (χ4n) is 1.30. The molecule has 0 spiro atoms. The summed E-state index contributed by atoms with van der Waals surface area (Å²) in [6, 6.07) is 0. The molecule has 0 aliphatic rings. The maximum absolute atomic E-state index is 3.69. The van der Waals surface area contributed by atoms with E-state index in [2.05, 4.69) is 36.7 Å². The lowest BCUT2D eigenvalue weighted by atomic mass is 9.99. The molecule has 0 bridgehead atoms. The highest BCUT2D eigenvalue weighted by atomic mass is 79.9. The summed E-state index contributed by atoms with van der Waals surface area (Å²) in [6.07, 6.45) is 6.78. The molecule has 0 saturated heterocycles. The highest BCUT2D eigenvalue weighted by Gasteiger charge is 2.10. The molecule has 68 valence electrons. The molecular weight excluding hydrogens is 200 g/mol. The third-order valence-electron chi connectivity index (χ3n) is 2.27. The lowest BCUT2D eigenvalue weighted by molar-refractivity contribution is 0.476. The van der Waals surface area contributed by atoms with Gasteiger partial charge < -0.3 is 0 Å². The van der Waals surface area contributed by atoms with Crippen LogP contribution < -0.4 is 0 Å². The molecule has 0 aromatic heterocycles. The van der Waals surface area contributed by atoms with Crippen LogP contribution in [0.3, 0.4) is 0 Å². The SMILES string of the molecule is CCCCCC(C)C(Br)CC. The molecule has 0 N–H and O–H groups in total. The average molecular weight is 221 g/mol. The maximum Gasteiger partial charge on any atom is 0.0168 e. The molecule has 0 aliphatic heterocycles. The van der Waals surface area contributed by atoms with E-state index in [4.69, 9.17) is 0 Å². The number of halogens is 1. The first-order valence-electron chi connectivity index (χ1n) is 4.86. The molecule has 0 nitrogen and oxygen atoms in total. The van der Waals surface area contributed by atoms with Crippen LogP contribution in [0.4, 0.5) is 0 Å². The van der Waals surface area contributed by atoms with Gasteiger partial charge in [0.25, 0.3) is 0 Å². The Balaban J connectivity index is 3.28. The largest absolute Gasteiger partial charge is 0.0888 e. The van der Waals surface area contributed by atoms with Gasteiger partial charge in [0.05, 0.1) is 0 Å². The Morgan fingerprint density at radius 3 is 2.27 bits per heavy atom. The van der Waals surface area contributed by atoms with Crippen LogP contribution in [0.25, 0.3) is 0 Å². The third kappa shape index (κ3) is 5.72. The van der Waals surface area contributed by atoms with Crippen molar-refractivity contribution in [1.82, 2.24) is 0 Å². The van der Waals surface area contributed by atoms with Gasteiger partial charge in [-0.25, -0.2) is 0 Å². The van der Waals surface area contributed by atoms with Gasteiger partial charge in [-0.3, -0.25) is 0 Å². The first kappa shape index (κ1) is 11.5. The van der Waals surface area contributed by atoms with Crippen LogP contribution in [0.15, 0.2) is 0 Å². The summed E-state index contributed by atoms with van der Waals surface area (Å²) in [5, 5.41) is 0. The number of hydrogen-bond acceptors (Lipinski definition) is 0. The van der Waals surface area contributed by atoms with E-state index in [-0.39, 0.29) is 0 Å². The number of hydrogen-bond donors (Lipinski definition) is 0. The van der Waals surface area contributed by atoms with Crippen molar-refractivity contribution in [2.45, 2.75) is 57.7 Å². The summed E-state index contributed by atoms with van der Waals surface area (Å²) in [5.74, 6) is 0.853. The molecule has 0 saturated carbocycles. The fourth-order valence-corrected chi connectivity index (χ4v) is 1.56. The van der Waals surface area contributed by atoms with Crippen LogP contribution in [0.5, 0.6) is 0 Å². The topological polar surface area (TPSA) is 0 Å². The van der Waals surface area contributed by atoms with Crippen LogP contribution >= 0.6 is 15.9 Å². The van der Waals surface area contributed by atoms with Gasteiger partial charge in [-0.05, 0) is 18.8 Å². The highest BCUT2D eigenvalue weighted by molar-refractivity contribution is 9.09. The van der Waals surface area contributed by atoms with Crippen LogP contribution in [-0.2, 0) is 0 Å². The van der Waals surface area contributed by atoms with Crippen LogP contribution in [0.2, 0.25) is 0 Å². The van der Waals surface area contributed by atoms with Gasteiger partial charge in [-0.15, -0.1) is 0 Å². The van der Waals surface area contributed by atoms with Crippen molar-refractivity contribution in [2.75, 3.05) is 0 Å². The van der Waals surface area contributed by atoms with Gasteiger partial charge >= 0.3 is 0 Å². The summed E-state index contributed by atoms with van der Waals surface area (Å²) >= 11 is 3.69. The van der Waals surface area contributed by atoms with E-state index in [0.717, 1.165) is 10.7 Å². The van der Waals surface area contributed by atoms with Crippen molar-refractivity contribution in [3.63, 3.8) is 0 Å². The molecular formula is C10H21Br. The molecule has 0 aliphatic carbocycles. The zero-order valence-electron chi connectivity index (χ0n) is 8.07. The Hall–Kier alpha value is 0.480. The van der Waals surface area contributed by atoms with E-state index in [1.54, 1.807) is 0 Å². The van der Waals surface area contributed by atoms with Gasteiger partial charge in [0.1, 0.15) is 0 Å². The zero-order valence-corrected chi connectivity index (χ0v) is 9.65. The molecule has 0 fully saturated rings. The van der Waals surface area contributed by atoms with Crippen molar-refractivity contribution in [3.05, 3.63) is 0 Å². The molecule has 0 radical (unpaired) electrons. The van der Waals surface area contributed by atoms with Gasteiger partial charge in [-0.1, -0.05) is 56.0 Å². The Labute approximate surface area is 79.9 Å². The van der Waals surface area contributed by atoms with Gasteiger partial charge in [0, 0.05) is 4.83 Å². The summed E-state index contributed by atoms with van der Waals surface area (Å²) in [4.78, 5) is 0.736. The number of alkyl halides is 1. The minimum absolute atomic E-state index is 0.736. The van der Waals surface area contributed by atoms with Gasteiger partial charge in [0.2, 0.25) is 0 Å². The summed E-state index contributed by atoms with van der Waals surface area (Å²) in [7, 11) is 0. The molecule has 0 heterocycles. The van der Waals surface area contributed by atoms with E-state index >= 15 is 0 Å². The molecule has 0 aromatic rings. The highest BCUT2D eigenvalue weighted by Crippen LogP contribution is 2.21. The van der Waals surface area contributed by atoms with E-state index in [9.17, 15) is 0 Å². The summed E-state index contributed by atoms with van der Waals surface area (Å²) in [5.41, 5.74) is 0. The molecule has 0 amide bonds. The fraction of sp³-hybridized carbons (Fsp3) is 1.00. The third-order valence-corrected chi connectivity index (χ3v) is 3.82. The van der Waals surface area contributed by atoms with E-state index < -0.39 is 0 Å². The van der Waals surface area contributed by atoms with Crippen LogP contribution in [-0.4, -0.2) is 4.83 Å². The maximum atomic E-state index is 3.69. The van der Waals surface area contributed by atoms with Crippen molar-refractivity contribution < 1.29 is 0 Å². The van der Waals surface area contributed by atoms with Gasteiger partial charge in [-0.2, -0.15) is 0 Å². The zero-order chi connectivity index (χ0) is 8.69. The minimum Gasteiger partial charge on any atom is -0.0888 e. The normalized spacial score (nSPS) is 16.4. The molecule has 1 heteroatoms. The Morgan fingerprint density at radius 1 is 1.18 bits per heavy atom. The lowest BCUT2D eigenvalue weighted by Gasteiger charge is -2.15. The standard InChI is InChI=1S/C10H21Br/c1-4-6-7-8-9(3)10(11)5-2/h9-10H,4-8H2,1-3H3. The second-order valence-corrected chi connectivity index (χ2v) is 4.57. The Morgan fingerprint density at radius 2 is 1.82 bits per heavy atom. The van der Waals surface area contributed by atoms with E-state index in [0.29, 0.717) is 0 Å². The predicted octanol–water partition coefficient (Wildman–Crippen LogP) is 4.38. The summed E-state index contributed by atoms with van der Waals surface area (Å²) in [6.45, 7) is 6.85. The van der Waals surface area contributed by atoms with E-state index in [1.165, 1.54) is 32.1 Å². The monoisotopic (exact) mass is 220 g/mol. The molecule has 2 atom stereocenters. The number of rotatable bonds is 6. The van der Waals surface area contributed by atoms with Crippen molar-refractivity contribution in [3.8, 4) is 0 Å². The minimum atomic E-state index is 0.736. The van der Waals surface area contributed by atoms with Crippen LogP contribution in [0, 0.1) is 5.92 Å². The van der Waals surface area contributed by atoms with Crippen molar-refractivity contribution >= 4 is 15.9 Å².